The normalized spacial score (nSPS) is 11.3. The topological polar surface area (TPSA) is 64.1 Å². The molecule has 0 spiro atoms. The number of guanidine groups is 1. The van der Waals surface area contributed by atoms with E-state index in [1.807, 2.05) is 36.4 Å². The molecule has 0 bridgehead atoms. The smallest absolute Gasteiger partial charge is 0.191 e. The van der Waals surface area contributed by atoms with Crippen molar-refractivity contribution in [2.75, 3.05) is 40.5 Å². The summed E-state index contributed by atoms with van der Waals surface area (Å²) < 4.78 is 16.3. The summed E-state index contributed by atoms with van der Waals surface area (Å²) >= 11 is 0. The largest absolute Gasteiger partial charge is 0.489 e. The molecule has 0 unspecified atom stereocenters. The van der Waals surface area contributed by atoms with E-state index in [1.165, 1.54) is 0 Å². The lowest BCUT2D eigenvalue weighted by molar-refractivity contribution is 0.0698. The monoisotopic (exact) mass is 385 g/mol. The minimum absolute atomic E-state index is 0.563. The highest BCUT2D eigenvalue weighted by Gasteiger charge is 2.01. The number of hydrogen-bond acceptors (Lipinski definition) is 4. The second-order valence-corrected chi connectivity index (χ2v) is 6.23. The molecular weight excluding hydrogens is 354 g/mol. The van der Waals surface area contributed by atoms with Gasteiger partial charge in [0.2, 0.25) is 0 Å². The summed E-state index contributed by atoms with van der Waals surface area (Å²) in [4.78, 5) is 4.25. The summed E-state index contributed by atoms with van der Waals surface area (Å²) in [6.45, 7) is 4.00. The minimum Gasteiger partial charge on any atom is -0.489 e. The molecule has 0 fully saturated rings. The Morgan fingerprint density at radius 2 is 1.75 bits per heavy atom. The number of methoxy groups -OCH3 is 1. The van der Waals surface area contributed by atoms with E-state index in [9.17, 15) is 0 Å². The van der Waals surface area contributed by atoms with Gasteiger partial charge in [-0.05, 0) is 29.7 Å². The number of aliphatic imine (C=N–C) groups is 1. The van der Waals surface area contributed by atoms with Crippen LogP contribution in [0.5, 0.6) is 5.75 Å². The van der Waals surface area contributed by atoms with Crippen molar-refractivity contribution in [3.63, 3.8) is 0 Å². The van der Waals surface area contributed by atoms with Crippen molar-refractivity contribution >= 4 is 5.96 Å². The molecule has 0 radical (unpaired) electrons. The summed E-state index contributed by atoms with van der Waals surface area (Å²) in [5.74, 6) is 1.63. The lowest BCUT2D eigenvalue weighted by Gasteiger charge is -2.13. The summed E-state index contributed by atoms with van der Waals surface area (Å²) in [7, 11) is 3.44. The first-order valence-corrected chi connectivity index (χ1v) is 9.58. The highest BCUT2D eigenvalue weighted by molar-refractivity contribution is 5.79. The van der Waals surface area contributed by atoms with Gasteiger partial charge in [-0.25, -0.2) is 0 Å². The van der Waals surface area contributed by atoms with Gasteiger partial charge in [0.05, 0.1) is 13.2 Å². The summed E-state index contributed by atoms with van der Waals surface area (Å²) in [6, 6.07) is 18.3. The molecule has 0 aliphatic rings. The van der Waals surface area contributed by atoms with Gasteiger partial charge in [-0.2, -0.15) is 0 Å². The summed E-state index contributed by atoms with van der Waals surface area (Å²) in [5, 5.41) is 6.61. The van der Waals surface area contributed by atoms with Gasteiger partial charge in [-0.15, -0.1) is 0 Å². The highest BCUT2D eigenvalue weighted by Crippen LogP contribution is 2.15. The minimum atomic E-state index is 0.563. The fraction of sp³-hybridized carbons (Fsp3) is 0.409. The fourth-order valence-corrected chi connectivity index (χ4v) is 2.52. The number of rotatable bonds is 12. The Balaban J connectivity index is 1.69. The van der Waals surface area contributed by atoms with Crippen molar-refractivity contribution in [1.82, 2.24) is 10.6 Å². The molecule has 28 heavy (non-hydrogen) atoms. The average molecular weight is 386 g/mol. The standard InChI is InChI=1S/C22H31N3O3/c1-23-22(24-12-7-13-27-15-14-26-2)25-17-20-10-6-11-21(16-20)28-18-19-8-4-3-5-9-19/h3-6,8-11,16H,7,12-15,17-18H2,1-2H3,(H2,23,24,25). The van der Waals surface area contributed by atoms with Crippen molar-refractivity contribution in [2.24, 2.45) is 4.99 Å². The van der Waals surface area contributed by atoms with Crippen molar-refractivity contribution in [2.45, 2.75) is 19.6 Å². The van der Waals surface area contributed by atoms with Gasteiger partial charge in [-0.3, -0.25) is 4.99 Å². The maximum atomic E-state index is 5.89. The molecule has 152 valence electrons. The molecule has 6 heteroatoms. The lowest BCUT2D eigenvalue weighted by atomic mass is 10.2. The SMILES string of the molecule is CN=C(NCCCOCCOC)NCc1cccc(OCc2ccccc2)c1. The number of benzene rings is 2. The van der Waals surface area contributed by atoms with Gasteiger partial charge in [0.1, 0.15) is 12.4 Å². The van der Waals surface area contributed by atoms with Gasteiger partial charge in [0.15, 0.2) is 5.96 Å². The second kappa shape index (κ2) is 13.6. The maximum absolute atomic E-state index is 5.89. The highest BCUT2D eigenvalue weighted by atomic mass is 16.5. The van der Waals surface area contributed by atoms with Crippen LogP contribution in [0.15, 0.2) is 59.6 Å². The van der Waals surface area contributed by atoms with E-state index in [0.717, 1.165) is 35.8 Å². The molecule has 0 aromatic heterocycles. The molecule has 0 saturated carbocycles. The average Bonchev–Trinajstić information content (AvgIpc) is 2.75. The zero-order chi connectivity index (χ0) is 19.9. The van der Waals surface area contributed by atoms with E-state index < -0.39 is 0 Å². The van der Waals surface area contributed by atoms with E-state index in [0.29, 0.717) is 33.0 Å². The van der Waals surface area contributed by atoms with Crippen LogP contribution in [0, 0.1) is 0 Å². The molecule has 2 N–H and O–H groups in total. The van der Waals surface area contributed by atoms with Crippen LogP contribution in [-0.4, -0.2) is 46.5 Å². The van der Waals surface area contributed by atoms with Crippen LogP contribution in [0.4, 0.5) is 0 Å². The van der Waals surface area contributed by atoms with Crippen LogP contribution in [0.1, 0.15) is 17.5 Å². The zero-order valence-electron chi connectivity index (χ0n) is 16.8. The lowest BCUT2D eigenvalue weighted by Crippen LogP contribution is -2.37. The number of hydrogen-bond donors (Lipinski definition) is 2. The molecule has 0 atom stereocenters. The first-order chi connectivity index (χ1) is 13.8. The molecule has 6 nitrogen and oxygen atoms in total. The van der Waals surface area contributed by atoms with E-state index in [2.05, 4.69) is 33.8 Å². The maximum Gasteiger partial charge on any atom is 0.191 e. The van der Waals surface area contributed by atoms with Crippen LogP contribution < -0.4 is 15.4 Å². The Morgan fingerprint density at radius 1 is 0.929 bits per heavy atom. The third-order valence-corrected chi connectivity index (χ3v) is 4.02. The van der Waals surface area contributed by atoms with Crippen molar-refractivity contribution in [3.05, 3.63) is 65.7 Å². The Bertz CT molecular complexity index is 692. The van der Waals surface area contributed by atoms with E-state index >= 15 is 0 Å². The van der Waals surface area contributed by atoms with E-state index in [4.69, 9.17) is 14.2 Å². The quantitative estimate of drug-likeness (QED) is 0.334. The summed E-state index contributed by atoms with van der Waals surface area (Å²) in [6.07, 6.45) is 0.910. The van der Waals surface area contributed by atoms with Gasteiger partial charge >= 0.3 is 0 Å². The first-order valence-electron chi connectivity index (χ1n) is 9.58. The fourth-order valence-electron chi connectivity index (χ4n) is 2.52. The third kappa shape index (κ3) is 8.88. The molecule has 2 aromatic carbocycles. The van der Waals surface area contributed by atoms with Crippen LogP contribution in [0.2, 0.25) is 0 Å². The van der Waals surface area contributed by atoms with Crippen LogP contribution >= 0.6 is 0 Å². The number of ether oxygens (including phenoxy) is 3. The van der Waals surface area contributed by atoms with Gasteiger partial charge in [-0.1, -0.05) is 42.5 Å². The molecule has 0 saturated heterocycles. The van der Waals surface area contributed by atoms with Crippen molar-refractivity contribution in [1.29, 1.82) is 0 Å². The van der Waals surface area contributed by atoms with Crippen molar-refractivity contribution in [3.8, 4) is 5.75 Å². The molecular formula is C22H31N3O3. The van der Waals surface area contributed by atoms with Gasteiger partial charge in [0.25, 0.3) is 0 Å². The molecule has 0 heterocycles. The number of nitrogens with one attached hydrogen (secondary N) is 2. The van der Waals surface area contributed by atoms with Crippen LogP contribution in [0.3, 0.4) is 0 Å². The van der Waals surface area contributed by atoms with Gasteiger partial charge in [0, 0.05) is 33.9 Å². The summed E-state index contributed by atoms with van der Waals surface area (Å²) in [5.41, 5.74) is 2.29. The Kier molecular flexibility index (Phi) is 10.5. The van der Waals surface area contributed by atoms with E-state index in [-0.39, 0.29) is 0 Å². The number of nitrogens with zero attached hydrogens (tertiary/aromatic N) is 1. The second-order valence-electron chi connectivity index (χ2n) is 6.23. The van der Waals surface area contributed by atoms with Crippen LogP contribution in [-0.2, 0) is 22.6 Å². The molecule has 0 aliphatic heterocycles. The molecule has 0 amide bonds. The Labute approximate surface area is 167 Å². The first kappa shape index (κ1) is 21.7. The Morgan fingerprint density at radius 3 is 2.54 bits per heavy atom. The molecule has 0 aliphatic carbocycles. The van der Waals surface area contributed by atoms with Gasteiger partial charge < -0.3 is 24.8 Å². The Hall–Kier alpha value is -2.57. The van der Waals surface area contributed by atoms with Crippen LogP contribution in [0.25, 0.3) is 0 Å². The third-order valence-electron chi connectivity index (χ3n) is 4.02. The predicted molar refractivity (Wildman–Crippen MR) is 113 cm³/mol. The van der Waals surface area contributed by atoms with Crippen molar-refractivity contribution < 1.29 is 14.2 Å². The van der Waals surface area contributed by atoms with E-state index in [1.54, 1.807) is 14.2 Å². The zero-order valence-corrected chi connectivity index (χ0v) is 16.8. The molecule has 2 aromatic rings. The predicted octanol–water partition coefficient (Wildman–Crippen LogP) is 2.98. The molecule has 2 rings (SSSR count).